The lowest BCUT2D eigenvalue weighted by atomic mass is 9.71. The molecule has 0 aliphatic heterocycles. The first kappa shape index (κ1) is 16.1. The number of hydrogen-bond acceptors (Lipinski definition) is 1. The van der Waals surface area contributed by atoms with E-state index in [-0.39, 0.29) is 10.8 Å². The molecule has 1 rings (SSSR count). The lowest BCUT2D eigenvalue weighted by Crippen LogP contribution is -2.23. The van der Waals surface area contributed by atoms with E-state index in [9.17, 15) is 5.11 Å². The van der Waals surface area contributed by atoms with Crippen molar-refractivity contribution in [2.24, 2.45) is 0 Å². The van der Waals surface area contributed by atoms with Crippen LogP contribution in [0, 0.1) is 13.8 Å². The summed E-state index contributed by atoms with van der Waals surface area (Å²) in [5.41, 5.74) is 6.28. The van der Waals surface area contributed by atoms with Crippen LogP contribution < -0.4 is 0 Å². The average Bonchev–Trinajstić information content (AvgIpc) is 2.21. The number of aromatic hydroxyl groups is 1. The van der Waals surface area contributed by atoms with Gasteiger partial charge in [0.1, 0.15) is 5.75 Å². The third-order valence-electron chi connectivity index (χ3n) is 3.92. The Morgan fingerprint density at radius 3 is 1.32 bits per heavy atom. The van der Waals surface area contributed by atoms with Crippen LogP contribution in [0.15, 0.2) is 0 Å². The summed E-state index contributed by atoms with van der Waals surface area (Å²) in [4.78, 5) is 0. The summed E-state index contributed by atoms with van der Waals surface area (Å²) in [7, 11) is 0. The molecule has 0 unspecified atom stereocenters. The van der Waals surface area contributed by atoms with Gasteiger partial charge in [-0.25, -0.2) is 0 Å². The van der Waals surface area contributed by atoms with Crippen LogP contribution in [0.25, 0.3) is 0 Å². The minimum Gasteiger partial charge on any atom is -0.507 e. The van der Waals surface area contributed by atoms with Crippen molar-refractivity contribution in [1.82, 2.24) is 0 Å². The lowest BCUT2D eigenvalue weighted by molar-refractivity contribution is 0.453. The zero-order valence-corrected chi connectivity index (χ0v) is 14.2. The molecule has 0 fully saturated rings. The van der Waals surface area contributed by atoms with Crippen LogP contribution in [0.4, 0.5) is 0 Å². The van der Waals surface area contributed by atoms with Crippen molar-refractivity contribution < 1.29 is 5.11 Å². The Morgan fingerprint density at radius 2 is 1.11 bits per heavy atom. The maximum absolute atomic E-state index is 10.5. The summed E-state index contributed by atoms with van der Waals surface area (Å²) >= 11 is 0. The Kier molecular flexibility index (Phi) is 4.10. The molecule has 1 nitrogen and oxygen atoms in total. The molecular weight excluding hydrogens is 232 g/mol. The van der Waals surface area contributed by atoms with E-state index >= 15 is 0 Å². The van der Waals surface area contributed by atoms with Gasteiger partial charge in [-0.3, -0.25) is 0 Å². The number of hydrogen-bond donors (Lipinski definition) is 1. The van der Waals surface area contributed by atoms with Crippen molar-refractivity contribution >= 4 is 0 Å². The quantitative estimate of drug-likeness (QED) is 0.740. The van der Waals surface area contributed by atoms with Crippen molar-refractivity contribution in [3.63, 3.8) is 0 Å². The molecule has 1 aromatic rings. The summed E-state index contributed by atoms with van der Waals surface area (Å²) in [6, 6.07) is 0. The standard InChI is InChI=1S/C18H30O/c1-10-13-14(17(4,5)6)11(2)16(19)12(3)15(13)18(7,8)9/h19H,10H2,1-9H3. The van der Waals surface area contributed by atoms with E-state index in [0.717, 1.165) is 17.5 Å². The van der Waals surface area contributed by atoms with Crippen molar-refractivity contribution in [2.75, 3.05) is 0 Å². The number of phenolic OH excluding ortho intramolecular Hbond substituents is 1. The molecule has 0 spiro atoms. The van der Waals surface area contributed by atoms with Crippen LogP contribution in [-0.2, 0) is 17.3 Å². The molecule has 1 aromatic carbocycles. The third kappa shape index (κ3) is 2.80. The Balaban J connectivity index is 3.91. The minimum absolute atomic E-state index is 0.0562. The van der Waals surface area contributed by atoms with Crippen LogP contribution in [0.5, 0.6) is 5.75 Å². The third-order valence-corrected chi connectivity index (χ3v) is 3.92. The molecule has 0 aromatic heterocycles. The van der Waals surface area contributed by atoms with Gasteiger partial charge >= 0.3 is 0 Å². The van der Waals surface area contributed by atoms with Crippen LogP contribution in [0.1, 0.15) is 76.3 Å². The van der Waals surface area contributed by atoms with Crippen LogP contribution in [0.2, 0.25) is 0 Å². The van der Waals surface area contributed by atoms with Crippen LogP contribution in [0.3, 0.4) is 0 Å². The Morgan fingerprint density at radius 1 is 0.789 bits per heavy atom. The molecule has 0 saturated carbocycles. The molecule has 1 N–H and O–H groups in total. The van der Waals surface area contributed by atoms with Crippen molar-refractivity contribution in [1.29, 1.82) is 0 Å². The first-order chi connectivity index (χ1) is 8.42. The molecule has 0 aliphatic rings. The number of phenols is 1. The van der Waals surface area contributed by atoms with E-state index in [1.807, 2.05) is 0 Å². The molecule has 0 amide bonds. The smallest absolute Gasteiger partial charge is 0.121 e. The fraction of sp³-hybridized carbons (Fsp3) is 0.667. The van der Waals surface area contributed by atoms with E-state index < -0.39 is 0 Å². The normalized spacial score (nSPS) is 12.9. The highest BCUT2D eigenvalue weighted by Crippen LogP contribution is 2.43. The molecule has 0 bridgehead atoms. The SMILES string of the molecule is CCc1c(C(C)(C)C)c(C)c(O)c(C)c1C(C)(C)C. The summed E-state index contributed by atoms with van der Waals surface area (Å²) in [6.45, 7) is 19.7. The Hall–Kier alpha value is -0.980. The second kappa shape index (κ2) is 4.85. The molecule has 1 heteroatoms. The zero-order chi connectivity index (χ0) is 15.2. The maximum atomic E-state index is 10.5. The predicted octanol–water partition coefficient (Wildman–Crippen LogP) is 5.17. The van der Waals surface area contributed by atoms with Crippen LogP contribution in [-0.4, -0.2) is 5.11 Å². The van der Waals surface area contributed by atoms with Gasteiger partial charge in [-0.05, 0) is 58.9 Å². The molecule has 108 valence electrons. The number of rotatable bonds is 1. The van der Waals surface area contributed by atoms with Gasteiger partial charge in [-0.15, -0.1) is 0 Å². The second-order valence-corrected chi connectivity index (χ2v) is 7.68. The second-order valence-electron chi connectivity index (χ2n) is 7.68. The molecule has 0 radical (unpaired) electrons. The van der Waals surface area contributed by atoms with Gasteiger partial charge in [0.2, 0.25) is 0 Å². The van der Waals surface area contributed by atoms with Gasteiger partial charge in [0, 0.05) is 0 Å². The highest BCUT2D eigenvalue weighted by atomic mass is 16.3. The van der Waals surface area contributed by atoms with E-state index in [2.05, 4.69) is 62.3 Å². The summed E-state index contributed by atoms with van der Waals surface area (Å²) in [5.74, 6) is 0.479. The average molecular weight is 262 g/mol. The summed E-state index contributed by atoms with van der Waals surface area (Å²) in [6.07, 6.45) is 1.02. The minimum atomic E-state index is 0.0562. The number of benzene rings is 1. The Labute approximate surface area is 119 Å². The van der Waals surface area contributed by atoms with E-state index in [1.54, 1.807) is 0 Å². The lowest BCUT2D eigenvalue weighted by Gasteiger charge is -2.33. The fourth-order valence-corrected chi connectivity index (χ4v) is 3.48. The van der Waals surface area contributed by atoms with E-state index in [1.165, 1.54) is 16.7 Å². The first-order valence-corrected chi connectivity index (χ1v) is 7.28. The topological polar surface area (TPSA) is 20.2 Å². The fourth-order valence-electron chi connectivity index (χ4n) is 3.48. The van der Waals surface area contributed by atoms with Crippen molar-refractivity contribution in [2.45, 2.75) is 79.6 Å². The van der Waals surface area contributed by atoms with Gasteiger partial charge in [-0.1, -0.05) is 48.5 Å². The highest BCUT2D eigenvalue weighted by molar-refractivity contribution is 5.58. The molecule has 0 heterocycles. The molecule has 0 atom stereocenters. The predicted molar refractivity (Wildman–Crippen MR) is 84.4 cm³/mol. The van der Waals surface area contributed by atoms with E-state index in [0.29, 0.717) is 5.75 Å². The van der Waals surface area contributed by atoms with Crippen molar-refractivity contribution in [3.05, 3.63) is 27.8 Å². The monoisotopic (exact) mass is 262 g/mol. The van der Waals surface area contributed by atoms with E-state index in [4.69, 9.17) is 0 Å². The summed E-state index contributed by atoms with van der Waals surface area (Å²) in [5, 5.41) is 10.5. The van der Waals surface area contributed by atoms with Gasteiger partial charge in [-0.2, -0.15) is 0 Å². The molecule has 19 heavy (non-hydrogen) atoms. The largest absolute Gasteiger partial charge is 0.507 e. The summed E-state index contributed by atoms with van der Waals surface area (Å²) < 4.78 is 0. The van der Waals surface area contributed by atoms with Gasteiger partial charge in [0.15, 0.2) is 0 Å². The van der Waals surface area contributed by atoms with Gasteiger partial charge in [0.25, 0.3) is 0 Å². The van der Waals surface area contributed by atoms with Gasteiger partial charge in [0.05, 0.1) is 0 Å². The van der Waals surface area contributed by atoms with Gasteiger partial charge < -0.3 is 5.11 Å². The molecule has 0 saturated heterocycles. The Bertz CT molecular complexity index is 441. The molecule has 0 aliphatic carbocycles. The van der Waals surface area contributed by atoms with Crippen molar-refractivity contribution in [3.8, 4) is 5.75 Å². The van der Waals surface area contributed by atoms with Crippen LogP contribution >= 0.6 is 0 Å². The first-order valence-electron chi connectivity index (χ1n) is 7.28. The maximum Gasteiger partial charge on any atom is 0.121 e. The molecular formula is C18H30O. The highest BCUT2D eigenvalue weighted by Gasteiger charge is 2.30. The zero-order valence-electron chi connectivity index (χ0n) is 14.2.